The molecule has 0 aliphatic carbocycles. The lowest BCUT2D eigenvalue weighted by atomic mass is 9.91. The van der Waals surface area contributed by atoms with E-state index in [-0.39, 0.29) is 54.1 Å². The van der Waals surface area contributed by atoms with Gasteiger partial charge in [0.1, 0.15) is 28.7 Å². The third-order valence-corrected chi connectivity index (χ3v) is 16.7. The Bertz CT molecular complexity index is 2750. The van der Waals surface area contributed by atoms with Crippen LogP contribution in [-0.2, 0) is 20.9 Å². The summed E-state index contributed by atoms with van der Waals surface area (Å²) < 4.78 is 3.50. The molecule has 8 heterocycles. The predicted octanol–water partition coefficient (Wildman–Crippen LogP) is 4.83. The summed E-state index contributed by atoms with van der Waals surface area (Å²) in [6.07, 6.45) is 10.0. The molecule has 0 bridgehead atoms. The first kappa shape index (κ1) is 53.0. The summed E-state index contributed by atoms with van der Waals surface area (Å²) in [5.41, 5.74) is 16.2. The Labute approximate surface area is 442 Å². The first-order valence-electron chi connectivity index (χ1n) is 26.1. The van der Waals surface area contributed by atoms with Crippen LogP contribution in [0.4, 0.5) is 17.5 Å². The van der Waals surface area contributed by atoms with Crippen LogP contribution in [0.1, 0.15) is 89.6 Å². The van der Waals surface area contributed by atoms with Crippen molar-refractivity contribution < 1.29 is 19.5 Å². The SMILES string of the molecule is CCn1nccc1-c1ccc([C@H](CCN2CCN(C(=O)C3CCN(c4nccc(Sc5ncc(N6CCC(C)(N)CC6)nc5N)c4Cl)CC3)CC2)NC(=O)[C@@H]2C[C@@H](O)CN2C(=O)[C@H](C(C)C)n2cc(C)nn2)cc1. The molecule has 1 aromatic carbocycles. The number of aliphatic hydroxyl groups excluding tert-OH is 1. The number of aromatic nitrogens is 8. The fraction of sp³-hybridized carbons (Fsp3) is 0.558. The van der Waals surface area contributed by atoms with Crippen LogP contribution in [0, 0.1) is 18.8 Å². The zero-order chi connectivity index (χ0) is 52.3. The molecule has 4 fully saturated rings. The molecule has 4 aromatic heterocycles. The van der Waals surface area contributed by atoms with E-state index in [9.17, 15) is 19.5 Å². The molecule has 6 N–H and O–H groups in total. The molecule has 74 heavy (non-hydrogen) atoms. The Hall–Kier alpha value is -5.87. The molecule has 5 aromatic rings. The largest absolute Gasteiger partial charge is 0.391 e. The summed E-state index contributed by atoms with van der Waals surface area (Å²) in [4.78, 5) is 67.6. The van der Waals surface area contributed by atoms with Crippen molar-refractivity contribution in [3.63, 3.8) is 0 Å². The summed E-state index contributed by atoms with van der Waals surface area (Å²) in [7, 11) is 0. The number of aryl methyl sites for hydroxylation is 2. The zero-order valence-corrected chi connectivity index (χ0v) is 44.8. The maximum absolute atomic E-state index is 14.4. The molecule has 9 rings (SSSR count). The maximum Gasteiger partial charge on any atom is 0.248 e. The topological polar surface area (TPSA) is 239 Å². The molecule has 4 aliphatic rings. The lowest BCUT2D eigenvalue weighted by Gasteiger charge is -2.39. The number of nitrogens with zero attached hydrogens (tertiary/aromatic N) is 13. The van der Waals surface area contributed by atoms with Gasteiger partial charge in [0, 0.05) is 113 Å². The Morgan fingerprint density at radius 1 is 0.959 bits per heavy atom. The van der Waals surface area contributed by atoms with Crippen LogP contribution in [0.2, 0.25) is 5.02 Å². The van der Waals surface area contributed by atoms with E-state index in [1.165, 1.54) is 16.7 Å². The molecule has 3 amide bonds. The van der Waals surface area contributed by atoms with Crippen LogP contribution in [0.3, 0.4) is 0 Å². The number of aliphatic hydroxyl groups is 1. The van der Waals surface area contributed by atoms with Gasteiger partial charge >= 0.3 is 0 Å². The van der Waals surface area contributed by atoms with Crippen LogP contribution in [0.5, 0.6) is 0 Å². The number of piperidine rings is 2. The smallest absolute Gasteiger partial charge is 0.248 e. The van der Waals surface area contributed by atoms with Crippen molar-refractivity contribution in [1.29, 1.82) is 0 Å². The standard InChI is InChI=1S/C52H71ClN16O4S/c1-6-68-40(11-19-58-68)36-9-7-35(8-10-36)39(59-48(71)41-29-38(70)32-67(41)51(73)45(33(2)3)69-31-34(4)61-62-69)15-20-63-25-27-66(28-26-63)50(72)37-13-21-65(22-14-37)47-44(53)42(12-18-56-47)74-49-46(54)60-43(30-57-49)64-23-16-52(5,55)17-24-64/h7-12,18-19,30-31,33,37-39,41,45,70H,6,13-17,20-29,32,55H2,1-5H3,(H2,54,60)(H,59,71)/t38-,39+,41+,45+/m1/s1. The average molecular weight is 1050 g/mol. The number of pyridine rings is 1. The van der Waals surface area contributed by atoms with Crippen LogP contribution in [0.15, 0.2) is 71.1 Å². The minimum absolute atomic E-state index is 0.0532. The Morgan fingerprint density at radius 3 is 2.35 bits per heavy atom. The van der Waals surface area contributed by atoms with E-state index in [1.54, 1.807) is 29.5 Å². The number of nitrogens with two attached hydrogens (primary N) is 2. The fourth-order valence-electron chi connectivity index (χ4n) is 10.8. The summed E-state index contributed by atoms with van der Waals surface area (Å²) in [6.45, 7) is 16.8. The monoisotopic (exact) mass is 1050 g/mol. The quantitative estimate of drug-likeness (QED) is 0.104. The van der Waals surface area contributed by atoms with E-state index < -0.39 is 18.2 Å². The number of amides is 3. The van der Waals surface area contributed by atoms with Gasteiger partial charge in [0.25, 0.3) is 0 Å². The number of carbonyl (C=O) groups is 3. The van der Waals surface area contributed by atoms with Crippen molar-refractivity contribution in [2.24, 2.45) is 17.6 Å². The van der Waals surface area contributed by atoms with Crippen molar-refractivity contribution in [1.82, 2.24) is 59.7 Å². The van der Waals surface area contributed by atoms with Gasteiger partial charge in [-0.25, -0.2) is 19.6 Å². The van der Waals surface area contributed by atoms with Crippen molar-refractivity contribution in [2.75, 3.05) is 81.0 Å². The predicted molar refractivity (Wildman–Crippen MR) is 285 cm³/mol. The number of benzene rings is 1. The average Bonchev–Trinajstić information content (AvgIpc) is 4.16. The third kappa shape index (κ3) is 12.0. The van der Waals surface area contributed by atoms with Gasteiger partial charge in [-0.3, -0.25) is 24.0 Å². The highest BCUT2D eigenvalue weighted by atomic mass is 35.5. The highest BCUT2D eigenvalue weighted by molar-refractivity contribution is 7.99. The number of anilines is 3. The highest BCUT2D eigenvalue weighted by Crippen LogP contribution is 2.40. The molecule has 396 valence electrons. The molecule has 20 nitrogen and oxygen atoms in total. The van der Waals surface area contributed by atoms with Crippen molar-refractivity contribution in [3.8, 4) is 11.3 Å². The maximum atomic E-state index is 14.4. The minimum atomic E-state index is -0.860. The number of likely N-dealkylation sites (tertiary alicyclic amines) is 1. The van der Waals surface area contributed by atoms with Crippen LogP contribution in [-0.4, -0.2) is 160 Å². The number of carbonyl (C=O) groups excluding carboxylic acids is 3. The Morgan fingerprint density at radius 2 is 1.69 bits per heavy atom. The minimum Gasteiger partial charge on any atom is -0.391 e. The molecule has 4 aliphatic heterocycles. The van der Waals surface area contributed by atoms with E-state index in [1.807, 2.05) is 54.6 Å². The third-order valence-electron chi connectivity index (χ3n) is 15.2. The fourth-order valence-corrected chi connectivity index (χ4v) is 11.9. The van der Waals surface area contributed by atoms with Crippen LogP contribution < -0.4 is 26.6 Å². The summed E-state index contributed by atoms with van der Waals surface area (Å²) in [5, 5.41) is 28.0. The first-order chi connectivity index (χ1) is 35.5. The molecule has 0 radical (unpaired) electrons. The number of hydrogen-bond donors (Lipinski definition) is 4. The van der Waals surface area contributed by atoms with Gasteiger partial charge in [-0.15, -0.1) is 5.10 Å². The molecule has 0 unspecified atom stereocenters. The van der Waals surface area contributed by atoms with Gasteiger partial charge in [-0.2, -0.15) is 5.10 Å². The van der Waals surface area contributed by atoms with Crippen LogP contribution >= 0.6 is 23.4 Å². The summed E-state index contributed by atoms with van der Waals surface area (Å²) in [6, 6.07) is 10.1. The van der Waals surface area contributed by atoms with Crippen molar-refractivity contribution in [2.45, 2.75) is 119 Å². The Kier molecular flexibility index (Phi) is 16.4. The second-order valence-corrected chi connectivity index (χ2v) is 22.4. The molecule has 4 saturated heterocycles. The summed E-state index contributed by atoms with van der Waals surface area (Å²) in [5.74, 6) is 1.12. The number of hydrogen-bond acceptors (Lipinski definition) is 16. The van der Waals surface area contributed by atoms with Crippen LogP contribution in [0.25, 0.3) is 11.3 Å². The van der Waals surface area contributed by atoms with E-state index in [0.717, 1.165) is 60.0 Å². The second-order valence-electron chi connectivity index (χ2n) is 21.0. The van der Waals surface area contributed by atoms with Gasteiger partial charge < -0.3 is 41.5 Å². The highest BCUT2D eigenvalue weighted by Gasteiger charge is 2.43. The van der Waals surface area contributed by atoms with Gasteiger partial charge in [-0.05, 0) is 82.1 Å². The normalized spacial score (nSPS) is 20.6. The number of halogens is 1. The first-order valence-corrected chi connectivity index (χ1v) is 27.3. The number of nitrogens with one attached hydrogen (secondary N) is 1. The molecular formula is C52H71ClN16O4S. The van der Waals surface area contributed by atoms with E-state index in [0.29, 0.717) is 92.5 Å². The number of nitrogen functional groups attached to an aromatic ring is 1. The molecule has 4 atom stereocenters. The second kappa shape index (κ2) is 22.9. The number of β-amino-alcohol motifs (C(OH)–C–C–N with tert-alkyl or cyclic N) is 1. The molecule has 22 heteroatoms. The Balaban J connectivity index is 0.798. The number of rotatable bonds is 16. The molecule has 0 spiro atoms. The van der Waals surface area contributed by atoms with E-state index >= 15 is 0 Å². The molecule has 0 saturated carbocycles. The van der Waals surface area contributed by atoms with Crippen molar-refractivity contribution >= 4 is 58.5 Å². The van der Waals surface area contributed by atoms with Crippen molar-refractivity contribution in [3.05, 3.63) is 77.5 Å². The van der Waals surface area contributed by atoms with E-state index in [2.05, 4.69) is 76.4 Å². The lowest BCUT2D eigenvalue weighted by Crippen LogP contribution is -2.52. The van der Waals surface area contributed by atoms with Gasteiger partial charge in [0.15, 0.2) is 5.82 Å². The van der Waals surface area contributed by atoms with E-state index in [4.69, 9.17) is 23.1 Å². The zero-order valence-electron chi connectivity index (χ0n) is 43.2. The molecular weight excluding hydrogens is 980 g/mol. The number of piperazine rings is 1. The lowest BCUT2D eigenvalue weighted by molar-refractivity contribution is -0.142. The van der Waals surface area contributed by atoms with Gasteiger partial charge in [0.05, 0.1) is 34.8 Å². The van der Waals surface area contributed by atoms with Gasteiger partial charge in [0.2, 0.25) is 17.7 Å². The summed E-state index contributed by atoms with van der Waals surface area (Å²) >= 11 is 8.39. The van der Waals surface area contributed by atoms with Gasteiger partial charge in [-0.1, -0.05) is 66.7 Å².